The average molecular weight is 359 g/mol. The lowest BCUT2D eigenvalue weighted by molar-refractivity contribution is -0.122. The number of piperidine rings is 1. The quantitative estimate of drug-likeness (QED) is 0.891. The van der Waals surface area contributed by atoms with Crippen molar-refractivity contribution in [1.29, 1.82) is 0 Å². The molecule has 1 aliphatic heterocycles. The van der Waals surface area contributed by atoms with Crippen molar-refractivity contribution in [1.82, 2.24) is 14.8 Å². The van der Waals surface area contributed by atoms with Crippen molar-refractivity contribution >= 4 is 17.2 Å². The minimum atomic E-state index is -0.0688. The van der Waals surface area contributed by atoms with Gasteiger partial charge in [0.1, 0.15) is 6.54 Å². The highest BCUT2D eigenvalue weighted by Crippen LogP contribution is 2.16. The number of hydrogen-bond acceptors (Lipinski definition) is 4. The molecule has 5 nitrogen and oxygen atoms in total. The second-order valence-corrected chi connectivity index (χ2v) is 7.59. The molecule has 0 radical (unpaired) electrons. The molecule has 1 saturated heterocycles. The van der Waals surface area contributed by atoms with Gasteiger partial charge in [0.2, 0.25) is 5.91 Å². The Kier molecular flexibility index (Phi) is 5.71. The number of carbonyl (C=O) groups is 1. The predicted octanol–water partition coefficient (Wildman–Crippen LogP) is 2.31. The number of aryl methyl sites for hydroxylation is 2. The van der Waals surface area contributed by atoms with Gasteiger partial charge < -0.3 is 5.32 Å². The second kappa shape index (κ2) is 7.97. The second-order valence-electron chi connectivity index (χ2n) is 6.77. The summed E-state index contributed by atoms with van der Waals surface area (Å²) in [6.07, 6.45) is 1.91. The lowest BCUT2D eigenvalue weighted by Crippen LogP contribution is -2.45. The Bertz CT molecular complexity index is 788. The maximum Gasteiger partial charge on any atom is 0.307 e. The zero-order valence-corrected chi connectivity index (χ0v) is 15.6. The number of rotatable bonds is 5. The first-order valence-corrected chi connectivity index (χ1v) is 9.62. The number of carbonyl (C=O) groups excluding carboxylic acids is 1. The van der Waals surface area contributed by atoms with Gasteiger partial charge in [-0.1, -0.05) is 35.6 Å². The summed E-state index contributed by atoms with van der Waals surface area (Å²) in [5.41, 5.74) is 3.55. The number of amides is 1. The maximum atomic E-state index is 12.2. The molecule has 0 saturated carbocycles. The van der Waals surface area contributed by atoms with Crippen molar-refractivity contribution in [2.24, 2.45) is 0 Å². The summed E-state index contributed by atoms with van der Waals surface area (Å²) in [7, 11) is 0. The number of benzene rings is 1. The van der Waals surface area contributed by atoms with Gasteiger partial charge in [0, 0.05) is 36.8 Å². The molecule has 6 heteroatoms. The van der Waals surface area contributed by atoms with Crippen LogP contribution in [-0.2, 0) is 17.9 Å². The zero-order chi connectivity index (χ0) is 17.8. The molecule has 0 unspecified atom stereocenters. The van der Waals surface area contributed by atoms with Crippen molar-refractivity contribution in [2.75, 3.05) is 13.1 Å². The fraction of sp³-hybridized carbons (Fsp3) is 0.474. The van der Waals surface area contributed by atoms with Gasteiger partial charge in [0.15, 0.2) is 0 Å². The number of nitrogens with zero attached hydrogens (tertiary/aromatic N) is 2. The van der Waals surface area contributed by atoms with E-state index < -0.39 is 0 Å². The Labute approximate surface area is 152 Å². The molecule has 1 fully saturated rings. The maximum absolute atomic E-state index is 12.2. The molecule has 3 rings (SSSR count). The van der Waals surface area contributed by atoms with E-state index >= 15 is 0 Å². The molecule has 0 aliphatic carbocycles. The van der Waals surface area contributed by atoms with Crippen LogP contribution in [0.2, 0.25) is 0 Å². The number of nitrogens with one attached hydrogen (secondary N) is 1. The van der Waals surface area contributed by atoms with Gasteiger partial charge in [-0.2, -0.15) is 0 Å². The highest BCUT2D eigenvalue weighted by atomic mass is 32.1. The van der Waals surface area contributed by atoms with Gasteiger partial charge in [0.25, 0.3) is 0 Å². The van der Waals surface area contributed by atoms with Gasteiger partial charge in [-0.05, 0) is 37.8 Å². The first-order valence-electron chi connectivity index (χ1n) is 8.74. The minimum absolute atomic E-state index is 0.0686. The third-order valence-corrected chi connectivity index (χ3v) is 5.77. The summed E-state index contributed by atoms with van der Waals surface area (Å²) in [5, 5.41) is 4.88. The van der Waals surface area contributed by atoms with Crippen LogP contribution in [0, 0.1) is 13.8 Å². The molecular weight excluding hydrogens is 334 g/mol. The van der Waals surface area contributed by atoms with E-state index in [0.29, 0.717) is 0 Å². The van der Waals surface area contributed by atoms with Crippen LogP contribution in [0.1, 0.15) is 29.7 Å². The molecule has 25 heavy (non-hydrogen) atoms. The van der Waals surface area contributed by atoms with Crippen LogP contribution in [0.4, 0.5) is 0 Å². The van der Waals surface area contributed by atoms with E-state index in [1.165, 1.54) is 15.7 Å². The number of likely N-dealkylation sites (tertiary alicyclic amines) is 1. The summed E-state index contributed by atoms with van der Waals surface area (Å²) >= 11 is 1.14. The standard InChI is InChI=1S/C19H25N3O2S/c1-14-5-3-4-6-16(14)11-21-9-7-17(8-10-21)20-18(23)12-22-15(2)13-25-19(22)24/h3-6,13,17H,7-12H2,1-2H3,(H,20,23). The van der Waals surface area contributed by atoms with Crippen molar-refractivity contribution in [3.63, 3.8) is 0 Å². The molecule has 1 N–H and O–H groups in total. The molecule has 134 valence electrons. The van der Waals surface area contributed by atoms with Crippen molar-refractivity contribution in [3.05, 3.63) is 56.1 Å². The summed E-state index contributed by atoms with van der Waals surface area (Å²) in [6.45, 7) is 7.06. The van der Waals surface area contributed by atoms with Crippen LogP contribution in [0.3, 0.4) is 0 Å². The lowest BCUT2D eigenvalue weighted by atomic mass is 10.0. The van der Waals surface area contributed by atoms with E-state index in [0.717, 1.165) is 49.5 Å². The Morgan fingerprint density at radius 1 is 1.24 bits per heavy atom. The highest BCUT2D eigenvalue weighted by Gasteiger charge is 2.21. The van der Waals surface area contributed by atoms with Crippen molar-refractivity contribution < 1.29 is 4.79 Å². The normalized spacial score (nSPS) is 16.1. The van der Waals surface area contributed by atoms with Crippen LogP contribution in [0.15, 0.2) is 34.4 Å². The highest BCUT2D eigenvalue weighted by molar-refractivity contribution is 7.07. The van der Waals surface area contributed by atoms with E-state index in [9.17, 15) is 9.59 Å². The lowest BCUT2D eigenvalue weighted by Gasteiger charge is -2.32. The molecule has 0 atom stereocenters. The van der Waals surface area contributed by atoms with Gasteiger partial charge in [-0.15, -0.1) is 0 Å². The molecular formula is C19H25N3O2S. The van der Waals surface area contributed by atoms with Crippen molar-refractivity contribution in [2.45, 2.75) is 45.8 Å². The Morgan fingerprint density at radius 3 is 2.60 bits per heavy atom. The van der Waals surface area contributed by atoms with Crippen LogP contribution >= 0.6 is 11.3 Å². The van der Waals surface area contributed by atoms with E-state index in [1.54, 1.807) is 5.38 Å². The van der Waals surface area contributed by atoms with Crippen molar-refractivity contribution in [3.8, 4) is 0 Å². The third-order valence-electron chi connectivity index (χ3n) is 4.89. The topological polar surface area (TPSA) is 54.3 Å². The van der Waals surface area contributed by atoms with Crippen LogP contribution in [0.25, 0.3) is 0 Å². The third kappa shape index (κ3) is 4.58. The molecule has 2 heterocycles. The molecule has 0 bridgehead atoms. The van der Waals surface area contributed by atoms with Crippen LogP contribution in [0.5, 0.6) is 0 Å². The largest absolute Gasteiger partial charge is 0.352 e. The van der Waals surface area contributed by atoms with E-state index in [4.69, 9.17) is 0 Å². The molecule has 0 spiro atoms. The molecule has 2 aromatic rings. The minimum Gasteiger partial charge on any atom is -0.352 e. The molecule has 1 amide bonds. The van der Waals surface area contributed by atoms with Crippen LogP contribution < -0.4 is 10.2 Å². The first-order chi connectivity index (χ1) is 12.0. The Morgan fingerprint density at radius 2 is 1.96 bits per heavy atom. The molecule has 1 aromatic carbocycles. The predicted molar refractivity (Wildman–Crippen MR) is 101 cm³/mol. The van der Waals surface area contributed by atoms with Gasteiger partial charge in [-0.25, -0.2) is 0 Å². The number of hydrogen-bond donors (Lipinski definition) is 1. The Hall–Kier alpha value is -1.92. The smallest absolute Gasteiger partial charge is 0.307 e. The fourth-order valence-corrected chi connectivity index (χ4v) is 4.01. The molecule has 1 aliphatic rings. The first kappa shape index (κ1) is 17.9. The van der Waals surface area contributed by atoms with Gasteiger partial charge in [-0.3, -0.25) is 19.1 Å². The fourth-order valence-electron chi connectivity index (χ4n) is 3.28. The summed E-state index contributed by atoms with van der Waals surface area (Å²) in [4.78, 5) is 26.3. The summed E-state index contributed by atoms with van der Waals surface area (Å²) < 4.78 is 1.54. The SMILES string of the molecule is Cc1ccccc1CN1CCC(NC(=O)Cn2c(C)csc2=O)CC1. The number of aromatic nitrogens is 1. The van der Waals surface area contributed by atoms with E-state index in [1.807, 2.05) is 6.92 Å². The summed E-state index contributed by atoms with van der Waals surface area (Å²) in [5.74, 6) is -0.0686. The molecule has 1 aromatic heterocycles. The average Bonchev–Trinajstić information content (AvgIpc) is 2.90. The Balaban J connectivity index is 1.47. The van der Waals surface area contributed by atoms with E-state index in [2.05, 4.69) is 41.4 Å². The summed E-state index contributed by atoms with van der Waals surface area (Å²) in [6, 6.07) is 8.70. The number of thiazole rings is 1. The monoisotopic (exact) mass is 359 g/mol. The van der Waals surface area contributed by atoms with Gasteiger partial charge >= 0.3 is 4.87 Å². The van der Waals surface area contributed by atoms with E-state index in [-0.39, 0.29) is 23.4 Å². The zero-order valence-electron chi connectivity index (χ0n) is 14.8. The van der Waals surface area contributed by atoms with Crippen LogP contribution in [-0.4, -0.2) is 34.5 Å². The van der Waals surface area contributed by atoms with Gasteiger partial charge in [0.05, 0.1) is 0 Å².